The van der Waals surface area contributed by atoms with Crippen molar-refractivity contribution in [2.75, 3.05) is 26.2 Å². The highest BCUT2D eigenvalue weighted by Crippen LogP contribution is 2.12. The van der Waals surface area contributed by atoms with E-state index in [4.69, 9.17) is 4.74 Å². The summed E-state index contributed by atoms with van der Waals surface area (Å²) in [7, 11) is 0. The van der Waals surface area contributed by atoms with Gasteiger partial charge in [0.25, 0.3) is 0 Å². The molecule has 1 aromatic carbocycles. The molecule has 0 saturated heterocycles. The number of nitrogens with one attached hydrogen (secondary N) is 2. The summed E-state index contributed by atoms with van der Waals surface area (Å²) in [6, 6.07) is 8.71. The third-order valence-electron chi connectivity index (χ3n) is 2.77. The van der Waals surface area contributed by atoms with Crippen LogP contribution in [0.5, 0.6) is 5.75 Å². The van der Waals surface area contributed by atoms with Crippen molar-refractivity contribution in [1.29, 1.82) is 0 Å². The van der Waals surface area contributed by atoms with Gasteiger partial charge >= 0.3 is 0 Å². The second-order valence-electron chi connectivity index (χ2n) is 4.68. The first-order chi connectivity index (χ1) is 8.72. The summed E-state index contributed by atoms with van der Waals surface area (Å²) in [6.45, 7) is 10.2. The lowest BCUT2D eigenvalue weighted by Gasteiger charge is -2.14. The fraction of sp³-hybridized carbons (Fsp3) is 0.600. The fourth-order valence-electron chi connectivity index (χ4n) is 1.75. The van der Waals surface area contributed by atoms with E-state index in [1.54, 1.807) is 0 Å². The number of aryl methyl sites for hydroxylation is 1. The fourth-order valence-corrected chi connectivity index (χ4v) is 1.75. The van der Waals surface area contributed by atoms with Crippen molar-refractivity contribution < 1.29 is 4.74 Å². The van der Waals surface area contributed by atoms with Gasteiger partial charge in [0.15, 0.2) is 0 Å². The molecule has 3 heteroatoms. The third-order valence-corrected chi connectivity index (χ3v) is 2.77. The average Bonchev–Trinajstić information content (AvgIpc) is 2.36. The minimum atomic E-state index is 0.518. The molecule has 0 fully saturated rings. The summed E-state index contributed by atoms with van der Waals surface area (Å²) in [5.41, 5.74) is 1.24. The molecule has 1 rings (SSSR count). The Hall–Kier alpha value is -1.06. The smallest absolute Gasteiger partial charge is 0.119 e. The molecule has 0 aliphatic heterocycles. The number of likely N-dealkylation sites (N-methyl/N-ethyl adjacent to an activating group) is 1. The molecule has 0 saturated carbocycles. The Kier molecular flexibility index (Phi) is 7.46. The van der Waals surface area contributed by atoms with Gasteiger partial charge in [-0.3, -0.25) is 0 Å². The minimum absolute atomic E-state index is 0.518. The Labute approximate surface area is 111 Å². The predicted molar refractivity (Wildman–Crippen MR) is 77.3 cm³/mol. The van der Waals surface area contributed by atoms with Gasteiger partial charge in [-0.25, -0.2) is 0 Å². The van der Waals surface area contributed by atoms with Crippen molar-refractivity contribution in [3.63, 3.8) is 0 Å². The molecule has 0 aliphatic rings. The van der Waals surface area contributed by atoms with Gasteiger partial charge in [-0.1, -0.05) is 19.1 Å². The lowest BCUT2D eigenvalue weighted by Crippen LogP contribution is -2.37. The molecule has 0 amide bonds. The average molecular weight is 250 g/mol. The van der Waals surface area contributed by atoms with E-state index in [9.17, 15) is 0 Å². The van der Waals surface area contributed by atoms with Gasteiger partial charge in [0.2, 0.25) is 0 Å². The summed E-state index contributed by atoms with van der Waals surface area (Å²) in [4.78, 5) is 0. The number of hydrogen-bond acceptors (Lipinski definition) is 3. The van der Waals surface area contributed by atoms with Gasteiger partial charge in [-0.2, -0.15) is 0 Å². The van der Waals surface area contributed by atoms with E-state index in [-0.39, 0.29) is 0 Å². The molecule has 0 bridgehead atoms. The summed E-state index contributed by atoms with van der Waals surface area (Å²) >= 11 is 0. The molecule has 18 heavy (non-hydrogen) atoms. The summed E-state index contributed by atoms with van der Waals surface area (Å²) in [6.07, 6.45) is 1.03. The Balaban J connectivity index is 2.05. The van der Waals surface area contributed by atoms with E-state index in [1.807, 2.05) is 12.1 Å². The van der Waals surface area contributed by atoms with Gasteiger partial charge in [-0.15, -0.1) is 0 Å². The van der Waals surface area contributed by atoms with Crippen LogP contribution in [0, 0.1) is 6.92 Å². The van der Waals surface area contributed by atoms with Crippen molar-refractivity contribution >= 4 is 0 Å². The first-order valence-corrected chi connectivity index (χ1v) is 6.86. The molecule has 1 unspecified atom stereocenters. The monoisotopic (exact) mass is 250 g/mol. The van der Waals surface area contributed by atoms with Crippen molar-refractivity contribution in [2.45, 2.75) is 33.2 Å². The maximum atomic E-state index is 5.69. The zero-order valence-corrected chi connectivity index (χ0v) is 11.8. The second-order valence-corrected chi connectivity index (χ2v) is 4.68. The summed E-state index contributed by atoms with van der Waals surface area (Å²) in [5, 5.41) is 6.80. The first-order valence-electron chi connectivity index (χ1n) is 6.86. The van der Waals surface area contributed by atoms with Crippen molar-refractivity contribution in [3.05, 3.63) is 29.8 Å². The molecule has 0 radical (unpaired) electrons. The van der Waals surface area contributed by atoms with Crippen LogP contribution in [0.4, 0.5) is 0 Å². The normalized spacial score (nSPS) is 12.4. The van der Waals surface area contributed by atoms with E-state index in [0.717, 1.165) is 38.4 Å². The second kappa shape index (κ2) is 8.95. The standard InChI is InChI=1S/C15H26N2O/c1-4-16-12-14(3)17-9-6-10-18-15-8-5-7-13(2)11-15/h5,7-8,11,14,16-17H,4,6,9-10,12H2,1-3H3. The zero-order chi connectivity index (χ0) is 13.2. The van der Waals surface area contributed by atoms with Gasteiger partial charge in [-0.05, 0) is 51.1 Å². The number of hydrogen-bond donors (Lipinski definition) is 2. The first kappa shape index (κ1) is 15.0. The van der Waals surface area contributed by atoms with Crippen LogP contribution >= 0.6 is 0 Å². The molecule has 102 valence electrons. The Morgan fingerprint density at radius 1 is 1.33 bits per heavy atom. The molecule has 0 heterocycles. The van der Waals surface area contributed by atoms with Gasteiger partial charge < -0.3 is 15.4 Å². The van der Waals surface area contributed by atoms with Crippen molar-refractivity contribution in [1.82, 2.24) is 10.6 Å². The van der Waals surface area contributed by atoms with Gasteiger partial charge in [0, 0.05) is 12.6 Å². The van der Waals surface area contributed by atoms with Crippen LogP contribution in [0.25, 0.3) is 0 Å². The summed E-state index contributed by atoms with van der Waals surface area (Å²) < 4.78 is 5.69. The molecule has 0 spiro atoms. The molecular formula is C15H26N2O. The van der Waals surface area contributed by atoms with Gasteiger partial charge in [0.1, 0.15) is 5.75 Å². The van der Waals surface area contributed by atoms with Crippen LogP contribution in [0.3, 0.4) is 0 Å². The number of ether oxygens (including phenoxy) is 1. The van der Waals surface area contributed by atoms with Crippen LogP contribution < -0.4 is 15.4 Å². The van der Waals surface area contributed by atoms with E-state index in [1.165, 1.54) is 5.56 Å². The van der Waals surface area contributed by atoms with Crippen LogP contribution in [0.1, 0.15) is 25.8 Å². The van der Waals surface area contributed by atoms with Crippen molar-refractivity contribution in [2.24, 2.45) is 0 Å². The Morgan fingerprint density at radius 3 is 2.89 bits per heavy atom. The zero-order valence-electron chi connectivity index (χ0n) is 11.8. The van der Waals surface area contributed by atoms with E-state index in [0.29, 0.717) is 6.04 Å². The summed E-state index contributed by atoms with van der Waals surface area (Å²) in [5.74, 6) is 0.968. The van der Waals surface area contributed by atoms with Crippen LogP contribution in [0.2, 0.25) is 0 Å². The Morgan fingerprint density at radius 2 is 2.17 bits per heavy atom. The van der Waals surface area contributed by atoms with E-state index < -0.39 is 0 Å². The Bertz CT molecular complexity index is 328. The lowest BCUT2D eigenvalue weighted by molar-refractivity contribution is 0.305. The molecule has 2 N–H and O–H groups in total. The van der Waals surface area contributed by atoms with Gasteiger partial charge in [0.05, 0.1) is 6.61 Å². The largest absolute Gasteiger partial charge is 0.494 e. The number of rotatable bonds is 9. The van der Waals surface area contributed by atoms with E-state index in [2.05, 4.69) is 43.5 Å². The predicted octanol–water partition coefficient (Wildman–Crippen LogP) is 2.35. The van der Waals surface area contributed by atoms with E-state index >= 15 is 0 Å². The minimum Gasteiger partial charge on any atom is -0.494 e. The highest BCUT2D eigenvalue weighted by atomic mass is 16.5. The molecule has 1 aromatic rings. The molecule has 0 aromatic heterocycles. The molecule has 0 aliphatic carbocycles. The highest BCUT2D eigenvalue weighted by molar-refractivity contribution is 5.27. The molecule has 1 atom stereocenters. The maximum Gasteiger partial charge on any atom is 0.119 e. The SMILES string of the molecule is CCNCC(C)NCCCOc1cccc(C)c1. The van der Waals surface area contributed by atoms with Crippen LogP contribution in [0.15, 0.2) is 24.3 Å². The number of benzene rings is 1. The van der Waals surface area contributed by atoms with Crippen molar-refractivity contribution in [3.8, 4) is 5.75 Å². The quantitative estimate of drug-likeness (QED) is 0.660. The topological polar surface area (TPSA) is 33.3 Å². The van der Waals surface area contributed by atoms with Crippen LogP contribution in [-0.2, 0) is 0 Å². The third kappa shape index (κ3) is 6.62. The molecular weight excluding hydrogens is 224 g/mol. The van der Waals surface area contributed by atoms with Crippen LogP contribution in [-0.4, -0.2) is 32.3 Å². The molecule has 3 nitrogen and oxygen atoms in total. The maximum absolute atomic E-state index is 5.69. The highest BCUT2D eigenvalue weighted by Gasteiger charge is 1.99. The lowest BCUT2D eigenvalue weighted by atomic mass is 10.2.